The van der Waals surface area contributed by atoms with Gasteiger partial charge in [-0.25, -0.2) is 30.7 Å². The molecule has 0 atom stereocenters. The molecule has 8 N–H and O–H groups in total. The quantitative estimate of drug-likeness (QED) is 0.0443. The Bertz CT molecular complexity index is 4830. The SMILES string of the molecule is CC(C)(C(=O)N1CCc2cc(C(=O)NO)cc(Cl)c2C1)c1ccc(Cl)cc1.CC(C)(C(=O)N1CCc2cc(C(=O)NO)cc(F)c2C1)c1ccc(Cl)cc1.CC(C)(C(=O)N1CCc2cc(C(=O)NO)ccc2C1)c1ccc(Cl)cc1.Cn1c(C(=O)N2CCc3cc(C(=O)NO)cc(F)c3CC2)c(Cl)c2ccccc21. The second-order valence-electron chi connectivity index (χ2n) is 28.4. The Balaban J connectivity index is 0.000000155. The first kappa shape index (κ1) is 81.7. The van der Waals surface area contributed by atoms with Crippen LogP contribution in [0.4, 0.5) is 8.78 Å². The average Bonchev–Trinajstić information content (AvgIpc) is 1.67. The second-order valence-corrected chi connectivity index (χ2v) is 30.5. The van der Waals surface area contributed by atoms with Crippen molar-refractivity contribution in [3.63, 3.8) is 0 Å². The maximum absolute atomic E-state index is 14.5. The molecule has 1 aromatic heterocycles. The summed E-state index contributed by atoms with van der Waals surface area (Å²) < 4.78 is 30.8. The van der Waals surface area contributed by atoms with E-state index in [9.17, 15) is 47.1 Å². The van der Waals surface area contributed by atoms with Crippen LogP contribution < -0.4 is 21.9 Å². The van der Waals surface area contributed by atoms with E-state index < -0.39 is 51.5 Å². The van der Waals surface area contributed by atoms with E-state index in [0.29, 0.717) is 142 Å². The third-order valence-corrected chi connectivity index (χ3v) is 22.0. The van der Waals surface area contributed by atoms with E-state index in [1.807, 2.05) is 113 Å². The number of nitrogens with one attached hydrogen (secondary N) is 4. The molecule has 8 amide bonds. The number of halogens is 7. The zero-order valence-corrected chi connectivity index (χ0v) is 64.3. The van der Waals surface area contributed by atoms with Crippen LogP contribution in [0.25, 0.3) is 10.9 Å². The molecule has 4 aliphatic rings. The molecular formula is C81H80Cl5F2N9O12. The predicted molar refractivity (Wildman–Crippen MR) is 410 cm³/mol. The lowest BCUT2D eigenvalue weighted by Gasteiger charge is -2.36. The number of para-hydroxylation sites is 1. The van der Waals surface area contributed by atoms with Gasteiger partial charge >= 0.3 is 0 Å². The molecule has 0 radical (unpaired) electrons. The molecule has 0 aliphatic carbocycles. The van der Waals surface area contributed by atoms with Crippen LogP contribution in [0.15, 0.2) is 152 Å². The third kappa shape index (κ3) is 17.9. The van der Waals surface area contributed by atoms with Gasteiger partial charge in [0.25, 0.3) is 29.5 Å². The molecule has 9 aromatic rings. The number of hydroxylamine groups is 4. The first-order valence-electron chi connectivity index (χ1n) is 34.7. The van der Waals surface area contributed by atoms with Crippen LogP contribution in [0.3, 0.4) is 0 Å². The van der Waals surface area contributed by atoms with E-state index in [2.05, 4.69) is 0 Å². The fourth-order valence-corrected chi connectivity index (χ4v) is 15.1. The number of hydrogen-bond acceptors (Lipinski definition) is 12. The Morgan fingerprint density at radius 2 is 0.743 bits per heavy atom. The maximum atomic E-state index is 14.5. The molecule has 21 nitrogen and oxygen atoms in total. The van der Waals surface area contributed by atoms with Gasteiger partial charge in [-0.05, 0) is 220 Å². The molecule has 4 aliphatic heterocycles. The summed E-state index contributed by atoms with van der Waals surface area (Å²) in [5.41, 5.74) is 14.8. The van der Waals surface area contributed by atoms with Gasteiger partial charge < -0.3 is 24.2 Å². The first-order valence-corrected chi connectivity index (χ1v) is 36.6. The Morgan fingerprint density at radius 3 is 1.19 bits per heavy atom. The number of rotatable bonds is 11. The predicted octanol–water partition coefficient (Wildman–Crippen LogP) is 14.1. The highest BCUT2D eigenvalue weighted by Gasteiger charge is 2.39. The molecule has 5 heterocycles. The van der Waals surface area contributed by atoms with Gasteiger partial charge in [-0.3, -0.25) is 59.2 Å². The Morgan fingerprint density at radius 1 is 0.385 bits per heavy atom. The zero-order valence-electron chi connectivity index (χ0n) is 60.6. The molecule has 0 saturated heterocycles. The monoisotopic (exact) mass is 1580 g/mol. The summed E-state index contributed by atoms with van der Waals surface area (Å²) in [6.45, 7) is 14.6. The lowest BCUT2D eigenvalue weighted by atomic mass is 9.82. The van der Waals surface area contributed by atoms with E-state index in [1.165, 1.54) is 17.0 Å². The van der Waals surface area contributed by atoms with Crippen LogP contribution in [-0.2, 0) is 89.4 Å². The van der Waals surface area contributed by atoms with Crippen LogP contribution in [0, 0.1) is 11.6 Å². The maximum Gasteiger partial charge on any atom is 0.274 e. The lowest BCUT2D eigenvalue weighted by molar-refractivity contribution is -0.138. The fourth-order valence-electron chi connectivity index (χ4n) is 14.0. The summed E-state index contributed by atoms with van der Waals surface area (Å²) in [5.74, 6) is -4.01. The molecular weight excluding hydrogens is 1510 g/mol. The Labute approximate surface area is 653 Å². The minimum atomic E-state index is -0.782. The number of hydrogen-bond donors (Lipinski definition) is 8. The van der Waals surface area contributed by atoms with Crippen molar-refractivity contribution in [2.24, 2.45) is 7.05 Å². The van der Waals surface area contributed by atoms with Crippen molar-refractivity contribution in [2.75, 3.05) is 32.7 Å². The van der Waals surface area contributed by atoms with Crippen molar-refractivity contribution in [3.8, 4) is 0 Å². The molecule has 28 heteroatoms. The van der Waals surface area contributed by atoms with E-state index in [4.69, 9.17) is 78.8 Å². The summed E-state index contributed by atoms with van der Waals surface area (Å²) in [5, 5.41) is 38.6. The van der Waals surface area contributed by atoms with Crippen molar-refractivity contribution < 1.29 is 68.0 Å². The summed E-state index contributed by atoms with van der Waals surface area (Å²) in [6, 6.07) is 43.1. The number of aromatic nitrogens is 1. The minimum absolute atomic E-state index is 0.00344. The number of carbonyl (C=O) groups excluding carboxylic acids is 8. The summed E-state index contributed by atoms with van der Waals surface area (Å²) in [4.78, 5) is 106. The van der Waals surface area contributed by atoms with E-state index in [1.54, 1.807) is 104 Å². The van der Waals surface area contributed by atoms with Gasteiger partial charge in [0.2, 0.25) is 17.7 Å². The van der Waals surface area contributed by atoms with Crippen LogP contribution in [0.1, 0.15) is 155 Å². The van der Waals surface area contributed by atoms with Crippen LogP contribution in [0.5, 0.6) is 0 Å². The first-order chi connectivity index (χ1) is 51.7. The van der Waals surface area contributed by atoms with Gasteiger partial charge in [0.15, 0.2) is 0 Å². The molecule has 0 fully saturated rings. The number of fused-ring (bicyclic) bond motifs is 5. The smallest absolute Gasteiger partial charge is 0.274 e. The van der Waals surface area contributed by atoms with E-state index in [-0.39, 0.29) is 41.3 Å². The molecule has 13 rings (SSSR count). The molecule has 570 valence electrons. The third-order valence-electron chi connectivity index (χ3n) is 20.5. The van der Waals surface area contributed by atoms with Crippen LogP contribution in [0.2, 0.25) is 25.1 Å². The lowest BCUT2D eigenvalue weighted by Crippen LogP contribution is -2.46. The number of amides is 8. The fraction of sp³-hybridized carbons (Fsp3) is 0.284. The van der Waals surface area contributed by atoms with Gasteiger partial charge in [-0.2, -0.15) is 0 Å². The second kappa shape index (κ2) is 34.4. The summed E-state index contributed by atoms with van der Waals surface area (Å²) in [6.07, 6.45) is 2.41. The van der Waals surface area contributed by atoms with Gasteiger partial charge in [-0.1, -0.05) is 119 Å². The molecule has 109 heavy (non-hydrogen) atoms. The molecule has 0 spiro atoms. The van der Waals surface area contributed by atoms with Crippen LogP contribution in [-0.4, -0.2) is 125 Å². The van der Waals surface area contributed by atoms with Crippen molar-refractivity contribution in [2.45, 2.75) is 110 Å². The Kier molecular flexibility index (Phi) is 25.8. The van der Waals surface area contributed by atoms with Crippen molar-refractivity contribution in [1.82, 2.24) is 46.1 Å². The highest BCUT2D eigenvalue weighted by atomic mass is 35.5. The van der Waals surface area contributed by atoms with Gasteiger partial charge in [0.1, 0.15) is 17.3 Å². The highest BCUT2D eigenvalue weighted by molar-refractivity contribution is 6.39. The van der Waals surface area contributed by atoms with E-state index >= 15 is 0 Å². The topological polar surface area (TPSA) is 283 Å². The summed E-state index contributed by atoms with van der Waals surface area (Å²) in [7, 11) is 1.80. The highest BCUT2D eigenvalue weighted by Crippen LogP contribution is 2.37. The van der Waals surface area contributed by atoms with Crippen molar-refractivity contribution >= 4 is 116 Å². The standard InChI is InChI=1S/C21H19ClFN3O3.C20H20Cl2N2O3.C20H20ClFN2O3.C20H21ClN2O3/c1-25-17-5-3-2-4-15(17)18(22)19(25)21(28)26-8-6-12-10-13(20(27)24-29)11-16(23)14(12)7-9-26;2*1-20(2,14-3-5-15(21)6-4-14)19(26)24-8-7-12-9-13(18(25)23-27)10-17(22)16(12)11-24;1-20(2,16-5-7-17(21)8-6-16)19(25)23-10-9-13-11-14(18(24)22-26)3-4-15(13)12-23/h2-5,10-11,29H,6-9H2,1H3,(H,24,27);2*3-6,9-10,27H,7-8,11H2,1-2H3,(H,23,25);3-8,11,26H,9-10,12H2,1-2H3,(H,22,24). The number of nitrogens with zero attached hydrogens (tertiary/aromatic N) is 5. The molecule has 0 bridgehead atoms. The van der Waals surface area contributed by atoms with Crippen LogP contribution >= 0.6 is 58.0 Å². The molecule has 0 saturated carbocycles. The van der Waals surface area contributed by atoms with Crippen molar-refractivity contribution in [1.29, 1.82) is 0 Å². The number of benzene rings is 8. The summed E-state index contributed by atoms with van der Waals surface area (Å²) >= 11 is 30.7. The van der Waals surface area contributed by atoms with Crippen molar-refractivity contribution in [3.05, 3.63) is 278 Å². The van der Waals surface area contributed by atoms with E-state index in [0.717, 1.165) is 62.0 Å². The average molecular weight is 1590 g/mol. The van der Waals surface area contributed by atoms with Gasteiger partial charge in [0.05, 0.1) is 21.3 Å². The van der Waals surface area contributed by atoms with Gasteiger partial charge in [-0.15, -0.1) is 0 Å². The molecule has 0 unspecified atom stereocenters. The largest absolute Gasteiger partial charge is 0.338 e. The Hall–Kier alpha value is -9.79. The minimum Gasteiger partial charge on any atom is -0.338 e. The number of carbonyl (C=O) groups is 8. The molecule has 8 aromatic carbocycles. The normalized spacial score (nSPS) is 13.9. The number of aryl methyl sites for hydroxylation is 1. The zero-order chi connectivity index (χ0) is 79.1. The van der Waals surface area contributed by atoms with Gasteiger partial charge in [0, 0.05) is 118 Å².